The zero-order valence-electron chi connectivity index (χ0n) is 11.1. The molecule has 0 aliphatic heterocycles. The average Bonchev–Trinajstić information content (AvgIpc) is 3.05. The molecule has 0 unspecified atom stereocenters. The van der Waals surface area contributed by atoms with E-state index in [0.717, 1.165) is 4.88 Å². The van der Waals surface area contributed by atoms with Crippen molar-refractivity contribution in [2.45, 2.75) is 30.4 Å². The largest absolute Gasteiger partial charge is 0.480 e. The van der Waals surface area contributed by atoms with Crippen LogP contribution in [0.5, 0.6) is 0 Å². The van der Waals surface area contributed by atoms with Crippen molar-refractivity contribution in [3.8, 4) is 10.8 Å². The summed E-state index contributed by atoms with van der Waals surface area (Å²) in [7, 11) is 0. The quantitative estimate of drug-likeness (QED) is 0.843. The number of carboxylic acid groups (broad SMARTS) is 1. The number of hydrogen-bond acceptors (Lipinski definition) is 7. The Balaban J connectivity index is 2.00. The summed E-state index contributed by atoms with van der Waals surface area (Å²) < 4.78 is 4.56. The summed E-state index contributed by atoms with van der Waals surface area (Å²) in [6.45, 7) is 3.58. The summed E-state index contributed by atoms with van der Waals surface area (Å²) in [5.41, 5.74) is 5.66. The van der Waals surface area contributed by atoms with Gasteiger partial charge in [-0.3, -0.25) is 4.79 Å². The van der Waals surface area contributed by atoms with Crippen molar-refractivity contribution in [1.29, 1.82) is 0 Å². The fourth-order valence-electron chi connectivity index (χ4n) is 1.45. The smallest absolute Gasteiger partial charge is 0.321 e. The van der Waals surface area contributed by atoms with Crippen molar-refractivity contribution >= 4 is 29.1 Å². The van der Waals surface area contributed by atoms with Crippen LogP contribution in [0.25, 0.3) is 10.8 Å². The van der Waals surface area contributed by atoms with Gasteiger partial charge in [0, 0.05) is 4.75 Å². The van der Waals surface area contributed by atoms with Gasteiger partial charge >= 0.3 is 5.97 Å². The van der Waals surface area contributed by atoms with E-state index in [0.29, 0.717) is 17.5 Å². The number of thioether (sulfide) groups is 1. The van der Waals surface area contributed by atoms with Crippen molar-refractivity contribution < 1.29 is 14.4 Å². The van der Waals surface area contributed by atoms with Crippen LogP contribution in [0.2, 0.25) is 0 Å². The summed E-state index contributed by atoms with van der Waals surface area (Å²) in [5.74, 6) is 0.443. The second-order valence-corrected chi connectivity index (χ2v) is 7.28. The van der Waals surface area contributed by atoms with Crippen LogP contribution >= 0.6 is 23.1 Å². The molecule has 2 heterocycles. The highest BCUT2D eigenvalue weighted by atomic mass is 32.2. The molecule has 0 spiro atoms. The predicted octanol–water partition coefficient (Wildman–Crippen LogP) is 2.22. The highest BCUT2D eigenvalue weighted by Gasteiger charge is 2.33. The third-order valence-corrected chi connectivity index (χ3v) is 5.05. The Morgan fingerprint density at radius 1 is 1.65 bits per heavy atom. The first-order valence-electron chi connectivity index (χ1n) is 5.89. The van der Waals surface area contributed by atoms with E-state index in [1.807, 2.05) is 17.5 Å². The molecule has 0 bridgehead atoms. The number of thiophene rings is 1. The highest BCUT2D eigenvalue weighted by Crippen LogP contribution is 2.31. The van der Waals surface area contributed by atoms with E-state index < -0.39 is 16.8 Å². The summed E-state index contributed by atoms with van der Waals surface area (Å²) in [6, 6.07) is 2.86. The molecule has 6 nitrogen and oxygen atoms in total. The number of aliphatic carboxylic acids is 1. The molecule has 0 amide bonds. The normalized spacial score (nSPS) is 13.3. The molecule has 2 aromatic heterocycles. The van der Waals surface area contributed by atoms with Gasteiger partial charge in [0.1, 0.15) is 6.04 Å². The molecule has 0 saturated heterocycles. The maximum atomic E-state index is 10.9. The summed E-state index contributed by atoms with van der Waals surface area (Å²) in [4.78, 5) is 16.1. The lowest BCUT2D eigenvalue weighted by Gasteiger charge is -2.27. The zero-order valence-corrected chi connectivity index (χ0v) is 12.7. The molecule has 20 heavy (non-hydrogen) atoms. The maximum absolute atomic E-state index is 10.9. The molecule has 2 aromatic rings. The Bertz CT molecular complexity index is 581. The monoisotopic (exact) mass is 313 g/mol. The molecule has 0 fully saturated rings. The standard InChI is InChI=1S/C12H15N3O3S2/c1-12(2,9(13)11(16)17)20-6-8-14-10(18-15-8)7-4-3-5-19-7/h3-5,9H,6,13H2,1-2H3,(H,16,17)/t9-/m1/s1. The van der Waals surface area contributed by atoms with Gasteiger partial charge in [-0.15, -0.1) is 23.1 Å². The predicted molar refractivity (Wildman–Crippen MR) is 78.6 cm³/mol. The molecule has 8 heteroatoms. The number of hydrogen-bond donors (Lipinski definition) is 2. The lowest BCUT2D eigenvalue weighted by atomic mass is 10.1. The Morgan fingerprint density at radius 3 is 3.00 bits per heavy atom. The number of aromatic nitrogens is 2. The van der Waals surface area contributed by atoms with Crippen molar-refractivity contribution in [2.75, 3.05) is 0 Å². The number of rotatable bonds is 6. The highest BCUT2D eigenvalue weighted by molar-refractivity contribution is 7.99. The van der Waals surface area contributed by atoms with E-state index in [9.17, 15) is 4.79 Å². The van der Waals surface area contributed by atoms with Gasteiger partial charge in [-0.25, -0.2) is 0 Å². The molecular weight excluding hydrogens is 298 g/mol. The van der Waals surface area contributed by atoms with Crippen LogP contribution in [0.3, 0.4) is 0 Å². The minimum atomic E-state index is -1.02. The van der Waals surface area contributed by atoms with Crippen LogP contribution in [-0.2, 0) is 10.5 Å². The molecule has 0 aromatic carbocycles. The molecule has 0 saturated carbocycles. The van der Waals surface area contributed by atoms with Crippen LogP contribution in [0.15, 0.2) is 22.0 Å². The van der Waals surface area contributed by atoms with Crippen molar-refractivity contribution in [3.63, 3.8) is 0 Å². The van der Waals surface area contributed by atoms with Gasteiger partial charge in [-0.2, -0.15) is 4.98 Å². The second-order valence-electron chi connectivity index (χ2n) is 4.70. The minimum Gasteiger partial charge on any atom is -0.480 e. The Morgan fingerprint density at radius 2 is 2.40 bits per heavy atom. The number of nitrogens with zero attached hydrogens (tertiary/aromatic N) is 2. The Labute approximate surface area is 124 Å². The Kier molecular flexibility index (Phi) is 4.46. The fraction of sp³-hybridized carbons (Fsp3) is 0.417. The number of carboxylic acids is 1. The van der Waals surface area contributed by atoms with Gasteiger partial charge in [-0.05, 0) is 25.3 Å². The lowest BCUT2D eigenvalue weighted by Crippen LogP contribution is -2.46. The molecule has 3 N–H and O–H groups in total. The molecule has 0 aliphatic rings. The molecule has 0 aliphatic carbocycles. The third-order valence-electron chi connectivity index (χ3n) is 2.79. The molecular formula is C12H15N3O3S2. The van der Waals surface area contributed by atoms with Gasteiger partial charge in [-0.1, -0.05) is 11.2 Å². The van der Waals surface area contributed by atoms with E-state index in [2.05, 4.69) is 10.1 Å². The van der Waals surface area contributed by atoms with Crippen LogP contribution in [0.4, 0.5) is 0 Å². The van der Waals surface area contributed by atoms with Crippen LogP contribution < -0.4 is 5.73 Å². The first-order chi connectivity index (χ1) is 9.40. The number of carbonyl (C=O) groups is 1. The van der Waals surface area contributed by atoms with E-state index in [-0.39, 0.29) is 0 Å². The van der Waals surface area contributed by atoms with Crippen molar-refractivity contribution in [2.24, 2.45) is 5.73 Å². The second kappa shape index (κ2) is 5.94. The Hall–Kier alpha value is -1.38. The van der Waals surface area contributed by atoms with E-state index in [1.54, 1.807) is 13.8 Å². The SMILES string of the molecule is CC(C)(SCc1noc(-c2cccs2)n1)[C@H](N)C(=O)O. The lowest BCUT2D eigenvalue weighted by molar-refractivity contribution is -0.139. The van der Waals surface area contributed by atoms with E-state index >= 15 is 0 Å². The molecule has 0 radical (unpaired) electrons. The first-order valence-corrected chi connectivity index (χ1v) is 7.75. The minimum absolute atomic E-state index is 0.447. The molecule has 108 valence electrons. The van der Waals surface area contributed by atoms with Gasteiger partial charge in [0.05, 0.1) is 10.6 Å². The van der Waals surface area contributed by atoms with Crippen LogP contribution in [-0.4, -0.2) is 32.0 Å². The topological polar surface area (TPSA) is 102 Å². The van der Waals surface area contributed by atoms with E-state index in [1.165, 1.54) is 23.1 Å². The van der Waals surface area contributed by atoms with E-state index in [4.69, 9.17) is 15.4 Å². The van der Waals surface area contributed by atoms with Crippen LogP contribution in [0.1, 0.15) is 19.7 Å². The van der Waals surface area contributed by atoms with Crippen molar-refractivity contribution in [3.05, 3.63) is 23.3 Å². The zero-order chi connectivity index (χ0) is 14.8. The van der Waals surface area contributed by atoms with Gasteiger partial charge in [0.2, 0.25) is 0 Å². The average molecular weight is 313 g/mol. The van der Waals surface area contributed by atoms with Gasteiger partial charge in [0.25, 0.3) is 5.89 Å². The summed E-state index contributed by atoms with van der Waals surface area (Å²) in [5, 5.41) is 14.8. The molecule has 1 atom stereocenters. The van der Waals surface area contributed by atoms with Gasteiger partial charge in [0.15, 0.2) is 5.82 Å². The summed E-state index contributed by atoms with van der Waals surface area (Å²) in [6.07, 6.45) is 0. The number of nitrogens with two attached hydrogens (primary N) is 1. The van der Waals surface area contributed by atoms with Crippen LogP contribution in [0, 0.1) is 0 Å². The van der Waals surface area contributed by atoms with Gasteiger partial charge < -0.3 is 15.4 Å². The summed E-state index contributed by atoms with van der Waals surface area (Å²) >= 11 is 2.91. The first kappa shape index (κ1) is 15.0. The third kappa shape index (κ3) is 3.38. The molecule has 2 rings (SSSR count). The maximum Gasteiger partial charge on any atom is 0.321 e. The van der Waals surface area contributed by atoms with Crippen molar-refractivity contribution in [1.82, 2.24) is 10.1 Å². The fourth-order valence-corrected chi connectivity index (χ4v) is 2.99.